The van der Waals surface area contributed by atoms with Gasteiger partial charge >= 0.3 is 6.03 Å². The van der Waals surface area contributed by atoms with Crippen molar-refractivity contribution in [2.45, 2.75) is 52.7 Å². The molecule has 1 saturated carbocycles. The second-order valence-electron chi connectivity index (χ2n) is 7.39. The Balaban J connectivity index is 1.54. The Labute approximate surface area is 154 Å². The number of rotatable bonds is 7. The quantitative estimate of drug-likeness (QED) is 0.821. The first kappa shape index (κ1) is 18.4. The van der Waals surface area contributed by atoms with E-state index >= 15 is 0 Å². The maximum absolute atomic E-state index is 13.4. The van der Waals surface area contributed by atoms with Crippen LogP contribution in [0.25, 0.3) is 0 Å². The summed E-state index contributed by atoms with van der Waals surface area (Å²) >= 11 is 0. The van der Waals surface area contributed by atoms with E-state index in [4.69, 9.17) is 0 Å². The molecule has 0 spiro atoms. The summed E-state index contributed by atoms with van der Waals surface area (Å²) in [5.41, 5.74) is 2.96. The molecule has 1 fully saturated rings. The monoisotopic (exact) mass is 358 g/mol. The first-order chi connectivity index (χ1) is 12.4. The van der Waals surface area contributed by atoms with Gasteiger partial charge in [-0.2, -0.15) is 5.10 Å². The lowest BCUT2D eigenvalue weighted by molar-refractivity contribution is 0.189. The number of nitrogens with zero attached hydrogens (tertiary/aromatic N) is 3. The molecular weight excluding hydrogens is 331 g/mol. The molecule has 1 aliphatic rings. The Kier molecular flexibility index (Phi) is 5.59. The zero-order valence-corrected chi connectivity index (χ0v) is 15.7. The fourth-order valence-corrected chi connectivity index (χ4v) is 3.17. The molecule has 140 valence electrons. The van der Waals surface area contributed by atoms with Crippen LogP contribution in [0.4, 0.5) is 9.18 Å². The van der Waals surface area contributed by atoms with Gasteiger partial charge in [-0.05, 0) is 56.4 Å². The smallest absolute Gasteiger partial charge is 0.317 e. The Morgan fingerprint density at radius 1 is 1.38 bits per heavy atom. The molecule has 5 nitrogen and oxygen atoms in total. The van der Waals surface area contributed by atoms with E-state index in [2.05, 4.69) is 23.4 Å². The minimum Gasteiger partial charge on any atom is -0.338 e. The van der Waals surface area contributed by atoms with E-state index in [0.717, 1.165) is 36.3 Å². The van der Waals surface area contributed by atoms with Crippen LogP contribution in [0, 0.1) is 25.6 Å². The van der Waals surface area contributed by atoms with Crippen molar-refractivity contribution < 1.29 is 9.18 Å². The van der Waals surface area contributed by atoms with Crippen molar-refractivity contribution in [3.05, 3.63) is 53.1 Å². The van der Waals surface area contributed by atoms with Crippen LogP contribution < -0.4 is 5.32 Å². The lowest BCUT2D eigenvalue weighted by atomic mass is 10.2. The van der Waals surface area contributed by atoms with Gasteiger partial charge in [-0.1, -0.05) is 19.1 Å². The molecule has 1 unspecified atom stereocenters. The molecule has 1 aromatic carbocycles. The van der Waals surface area contributed by atoms with Gasteiger partial charge in [0.25, 0.3) is 0 Å². The normalized spacial score (nSPS) is 14.9. The molecule has 0 bridgehead atoms. The van der Waals surface area contributed by atoms with Crippen molar-refractivity contribution in [1.29, 1.82) is 0 Å². The molecule has 0 saturated heterocycles. The van der Waals surface area contributed by atoms with E-state index in [1.165, 1.54) is 12.1 Å². The highest BCUT2D eigenvalue weighted by Crippen LogP contribution is 2.28. The van der Waals surface area contributed by atoms with E-state index < -0.39 is 0 Å². The van der Waals surface area contributed by atoms with Crippen LogP contribution in [0.1, 0.15) is 36.7 Å². The number of carbonyl (C=O) groups is 1. The van der Waals surface area contributed by atoms with Gasteiger partial charge in [0.2, 0.25) is 0 Å². The summed E-state index contributed by atoms with van der Waals surface area (Å²) in [6.07, 6.45) is 2.04. The molecule has 0 radical (unpaired) electrons. The summed E-state index contributed by atoms with van der Waals surface area (Å²) in [5, 5.41) is 7.51. The number of aromatic nitrogens is 2. The molecule has 3 rings (SSSR count). The molecule has 1 aliphatic carbocycles. The number of hydrogen-bond acceptors (Lipinski definition) is 2. The predicted molar refractivity (Wildman–Crippen MR) is 99.2 cm³/mol. The summed E-state index contributed by atoms with van der Waals surface area (Å²) in [4.78, 5) is 14.5. The number of nitrogens with one attached hydrogen (secondary N) is 1. The number of urea groups is 1. The van der Waals surface area contributed by atoms with Crippen molar-refractivity contribution in [1.82, 2.24) is 20.0 Å². The minimum absolute atomic E-state index is 0.0722. The lowest BCUT2D eigenvalue weighted by Crippen LogP contribution is -2.42. The third kappa shape index (κ3) is 4.84. The average Bonchev–Trinajstić information content (AvgIpc) is 3.37. The summed E-state index contributed by atoms with van der Waals surface area (Å²) in [6, 6.07) is 8.71. The molecule has 1 heterocycles. The first-order valence-corrected chi connectivity index (χ1v) is 9.22. The van der Waals surface area contributed by atoms with Gasteiger partial charge < -0.3 is 10.2 Å². The van der Waals surface area contributed by atoms with Crippen LogP contribution in [0.15, 0.2) is 30.3 Å². The largest absolute Gasteiger partial charge is 0.338 e. The van der Waals surface area contributed by atoms with Crippen molar-refractivity contribution in [2.24, 2.45) is 5.92 Å². The predicted octanol–water partition coefficient (Wildman–Crippen LogP) is 3.65. The fourth-order valence-electron chi connectivity index (χ4n) is 3.17. The number of carbonyl (C=O) groups excluding carboxylic acids is 1. The summed E-state index contributed by atoms with van der Waals surface area (Å²) < 4.78 is 15.4. The Morgan fingerprint density at radius 2 is 2.15 bits per heavy atom. The van der Waals surface area contributed by atoms with Gasteiger partial charge in [-0.25, -0.2) is 9.18 Å². The summed E-state index contributed by atoms with van der Waals surface area (Å²) in [6.45, 7) is 7.93. The van der Waals surface area contributed by atoms with E-state index in [9.17, 15) is 9.18 Å². The van der Waals surface area contributed by atoms with Gasteiger partial charge in [0, 0.05) is 31.4 Å². The SMILES string of the molecule is Cc1cc(C)n(CC(C)CNC(=O)N(Cc2cccc(F)c2)C2CC2)n1. The number of hydrogen-bond donors (Lipinski definition) is 1. The molecule has 1 aromatic heterocycles. The summed E-state index contributed by atoms with van der Waals surface area (Å²) in [5.74, 6) is 0.00401. The zero-order valence-electron chi connectivity index (χ0n) is 15.7. The highest BCUT2D eigenvalue weighted by molar-refractivity contribution is 5.75. The molecule has 2 aromatic rings. The van der Waals surface area contributed by atoms with Crippen molar-refractivity contribution >= 4 is 6.03 Å². The van der Waals surface area contributed by atoms with Crippen LogP contribution in [-0.4, -0.2) is 33.3 Å². The van der Waals surface area contributed by atoms with E-state index in [-0.39, 0.29) is 23.8 Å². The van der Waals surface area contributed by atoms with Crippen LogP contribution >= 0.6 is 0 Å². The topological polar surface area (TPSA) is 50.2 Å². The first-order valence-electron chi connectivity index (χ1n) is 9.22. The van der Waals surface area contributed by atoms with Crippen LogP contribution in [0.3, 0.4) is 0 Å². The number of benzene rings is 1. The molecule has 1 N–H and O–H groups in total. The number of amides is 2. The maximum Gasteiger partial charge on any atom is 0.317 e. The van der Waals surface area contributed by atoms with Crippen molar-refractivity contribution in [3.63, 3.8) is 0 Å². The van der Waals surface area contributed by atoms with Gasteiger partial charge in [0.05, 0.1) is 5.69 Å². The van der Waals surface area contributed by atoms with Crippen LogP contribution in [0.5, 0.6) is 0 Å². The van der Waals surface area contributed by atoms with Crippen LogP contribution in [0.2, 0.25) is 0 Å². The second-order valence-corrected chi connectivity index (χ2v) is 7.39. The van der Waals surface area contributed by atoms with Crippen molar-refractivity contribution in [3.8, 4) is 0 Å². The molecule has 1 atom stereocenters. The molecule has 6 heteroatoms. The van der Waals surface area contributed by atoms with E-state index in [0.29, 0.717) is 13.1 Å². The Hall–Kier alpha value is -2.37. The molecule has 2 amide bonds. The Morgan fingerprint density at radius 3 is 2.77 bits per heavy atom. The highest BCUT2D eigenvalue weighted by Gasteiger charge is 2.32. The molecular formula is C20H27FN4O. The minimum atomic E-state index is -0.267. The standard InChI is InChI=1S/C20H27FN4O/c1-14(12-25-16(3)9-15(2)23-25)11-22-20(26)24(19-7-8-19)13-17-5-4-6-18(21)10-17/h4-6,9-10,14,19H,7-8,11-13H2,1-3H3,(H,22,26). The zero-order chi connectivity index (χ0) is 18.7. The molecule has 0 aliphatic heterocycles. The van der Waals surface area contributed by atoms with E-state index in [1.807, 2.05) is 29.5 Å². The van der Waals surface area contributed by atoms with Crippen LogP contribution in [-0.2, 0) is 13.1 Å². The third-order valence-electron chi connectivity index (χ3n) is 4.68. The van der Waals surface area contributed by atoms with Gasteiger partial charge in [-0.15, -0.1) is 0 Å². The highest BCUT2D eigenvalue weighted by atomic mass is 19.1. The Bertz CT molecular complexity index is 769. The van der Waals surface area contributed by atoms with Gasteiger partial charge in [0.1, 0.15) is 5.82 Å². The van der Waals surface area contributed by atoms with Crippen molar-refractivity contribution in [2.75, 3.05) is 6.54 Å². The van der Waals surface area contributed by atoms with Gasteiger partial charge in [-0.3, -0.25) is 4.68 Å². The number of aryl methyl sites for hydroxylation is 2. The van der Waals surface area contributed by atoms with E-state index in [1.54, 1.807) is 6.07 Å². The second kappa shape index (κ2) is 7.89. The number of halogens is 1. The van der Waals surface area contributed by atoms with Gasteiger partial charge in [0.15, 0.2) is 0 Å². The fraction of sp³-hybridized carbons (Fsp3) is 0.500. The summed E-state index contributed by atoms with van der Waals surface area (Å²) in [7, 11) is 0. The lowest BCUT2D eigenvalue weighted by Gasteiger charge is -2.24. The molecule has 26 heavy (non-hydrogen) atoms. The third-order valence-corrected chi connectivity index (χ3v) is 4.68. The average molecular weight is 358 g/mol. The maximum atomic E-state index is 13.4.